The van der Waals surface area contributed by atoms with Gasteiger partial charge in [0.2, 0.25) is 0 Å². The van der Waals surface area contributed by atoms with Gasteiger partial charge in [-0.25, -0.2) is 10.4 Å². The van der Waals surface area contributed by atoms with Gasteiger partial charge in [-0.1, -0.05) is 13.8 Å². The third-order valence-corrected chi connectivity index (χ3v) is 1.05. The molecule has 0 aliphatic heterocycles. The topological polar surface area (TPSA) is 48.2 Å². The molecule has 1 atom stereocenters. The Bertz CT molecular complexity index is 105. The summed E-state index contributed by atoms with van der Waals surface area (Å²) in [4.78, 5) is 3.74. The summed E-state index contributed by atoms with van der Waals surface area (Å²) in [5.41, 5.74) is 0. The molecule has 0 saturated carbocycles. The molecule has 0 spiro atoms. The first-order chi connectivity index (χ1) is 4.35. The van der Waals surface area contributed by atoms with E-state index in [4.69, 9.17) is 5.41 Å². The fraction of sp³-hybridized carbons (Fsp3) is 0.833. The van der Waals surface area contributed by atoms with E-state index in [2.05, 4.69) is 10.3 Å². The largest absolute Gasteiger partial charge is 0.295 e. The monoisotopic (exact) mass is 127 g/mol. The van der Waals surface area contributed by atoms with E-state index in [0.717, 1.165) is 13.0 Å². The van der Waals surface area contributed by atoms with Crippen molar-refractivity contribution in [3.63, 3.8) is 0 Å². The van der Waals surface area contributed by atoms with Crippen molar-refractivity contribution in [2.45, 2.75) is 26.4 Å². The van der Waals surface area contributed by atoms with Crippen molar-refractivity contribution >= 4 is 6.01 Å². The van der Waals surface area contributed by atoms with Crippen molar-refractivity contribution in [2.75, 3.05) is 6.54 Å². The van der Waals surface area contributed by atoms with E-state index in [0.29, 0.717) is 0 Å². The van der Waals surface area contributed by atoms with Gasteiger partial charge in [0, 0.05) is 0 Å². The minimum atomic E-state index is 0.0903. The van der Waals surface area contributed by atoms with Crippen molar-refractivity contribution in [3.8, 4) is 0 Å². The lowest BCUT2D eigenvalue weighted by atomic mass is 10.4. The van der Waals surface area contributed by atoms with Crippen LogP contribution >= 0.6 is 0 Å². The van der Waals surface area contributed by atoms with Crippen LogP contribution in [0.1, 0.15) is 20.3 Å². The number of nitrogens with one attached hydrogen (secondary N) is 2. The fourth-order valence-electron chi connectivity index (χ4n) is 0.595. The minimum Gasteiger partial charge on any atom is -0.295 e. The van der Waals surface area contributed by atoms with Crippen molar-refractivity contribution in [3.05, 3.63) is 0 Å². The molecule has 0 aromatic rings. The van der Waals surface area contributed by atoms with Gasteiger partial charge >= 0.3 is 0 Å². The Balaban J connectivity index is 3.53. The molecule has 0 heterocycles. The van der Waals surface area contributed by atoms with Gasteiger partial charge < -0.3 is 0 Å². The Morgan fingerprint density at radius 2 is 2.33 bits per heavy atom. The van der Waals surface area contributed by atoms with E-state index < -0.39 is 0 Å². The van der Waals surface area contributed by atoms with Gasteiger partial charge in [-0.3, -0.25) is 5.32 Å². The molecule has 9 heavy (non-hydrogen) atoms. The van der Waals surface area contributed by atoms with Crippen LogP contribution in [0.4, 0.5) is 0 Å². The highest BCUT2D eigenvalue weighted by Crippen LogP contribution is 1.88. The lowest BCUT2D eigenvalue weighted by Gasteiger charge is -2.06. The standard InChI is InChI=1S/C6H13N3/c1-3-6(8-4-2)9-5-7/h6-8H,3-4H2,1-2H3. The summed E-state index contributed by atoms with van der Waals surface area (Å²) in [6.45, 7) is 4.93. The molecule has 0 saturated heterocycles. The Kier molecular flexibility index (Phi) is 5.07. The maximum Gasteiger partial charge on any atom is 0.110 e. The van der Waals surface area contributed by atoms with Crippen molar-refractivity contribution in [1.29, 1.82) is 5.41 Å². The second kappa shape index (κ2) is 5.48. The first-order valence-corrected chi connectivity index (χ1v) is 3.20. The van der Waals surface area contributed by atoms with E-state index in [1.807, 2.05) is 19.9 Å². The van der Waals surface area contributed by atoms with Crippen LogP contribution in [0.5, 0.6) is 0 Å². The Hall–Kier alpha value is -0.660. The summed E-state index contributed by atoms with van der Waals surface area (Å²) < 4.78 is 0. The predicted octanol–water partition coefficient (Wildman–Crippen LogP) is 1.08. The Morgan fingerprint density at radius 1 is 1.67 bits per heavy atom. The molecule has 1 unspecified atom stereocenters. The summed E-state index contributed by atoms with van der Waals surface area (Å²) >= 11 is 0. The maximum absolute atomic E-state index is 6.56. The first kappa shape index (κ1) is 8.34. The zero-order chi connectivity index (χ0) is 7.11. The van der Waals surface area contributed by atoms with Crippen molar-refractivity contribution in [2.24, 2.45) is 4.99 Å². The average Bonchev–Trinajstić information content (AvgIpc) is 1.88. The number of hydrogen-bond donors (Lipinski definition) is 2. The van der Waals surface area contributed by atoms with Gasteiger partial charge in [0.05, 0.1) is 6.01 Å². The average molecular weight is 127 g/mol. The van der Waals surface area contributed by atoms with Crippen molar-refractivity contribution in [1.82, 2.24) is 5.32 Å². The van der Waals surface area contributed by atoms with Gasteiger partial charge in [0.25, 0.3) is 0 Å². The third kappa shape index (κ3) is 3.88. The van der Waals surface area contributed by atoms with Gasteiger partial charge in [-0.05, 0) is 13.0 Å². The molecule has 0 fully saturated rings. The molecular weight excluding hydrogens is 114 g/mol. The molecule has 0 aliphatic carbocycles. The van der Waals surface area contributed by atoms with Crippen LogP contribution < -0.4 is 5.32 Å². The second-order valence-electron chi connectivity index (χ2n) is 1.72. The summed E-state index contributed by atoms with van der Waals surface area (Å²) in [6.07, 6.45) is 1.01. The zero-order valence-electron chi connectivity index (χ0n) is 5.94. The smallest absolute Gasteiger partial charge is 0.110 e. The van der Waals surface area contributed by atoms with Crippen LogP contribution in [0.15, 0.2) is 4.99 Å². The maximum atomic E-state index is 6.56. The van der Waals surface area contributed by atoms with Crippen LogP contribution in [0, 0.1) is 5.41 Å². The summed E-state index contributed by atoms with van der Waals surface area (Å²) in [5, 5.41) is 9.64. The second-order valence-corrected chi connectivity index (χ2v) is 1.72. The minimum absolute atomic E-state index is 0.0903. The van der Waals surface area contributed by atoms with Crippen LogP contribution in [0.2, 0.25) is 0 Å². The molecule has 0 bridgehead atoms. The molecule has 0 rings (SSSR count). The SMILES string of the molecule is CCNC(CC)N=C=N. The van der Waals surface area contributed by atoms with Crippen LogP contribution in [0.3, 0.4) is 0 Å². The third-order valence-electron chi connectivity index (χ3n) is 1.05. The van der Waals surface area contributed by atoms with Gasteiger partial charge in [0.1, 0.15) is 6.17 Å². The van der Waals surface area contributed by atoms with Gasteiger partial charge in [-0.2, -0.15) is 0 Å². The first-order valence-electron chi connectivity index (χ1n) is 3.20. The molecule has 0 aromatic carbocycles. The van der Waals surface area contributed by atoms with Gasteiger partial charge in [-0.15, -0.1) is 0 Å². The summed E-state index contributed by atoms with van der Waals surface area (Å²) in [7, 11) is 0. The number of hydrogen-bond acceptors (Lipinski definition) is 3. The lowest BCUT2D eigenvalue weighted by Crippen LogP contribution is -2.25. The zero-order valence-corrected chi connectivity index (χ0v) is 5.94. The van der Waals surface area contributed by atoms with E-state index in [1.54, 1.807) is 0 Å². The highest BCUT2D eigenvalue weighted by molar-refractivity contribution is 5.36. The van der Waals surface area contributed by atoms with Crippen LogP contribution in [-0.4, -0.2) is 18.7 Å². The highest BCUT2D eigenvalue weighted by atomic mass is 15.1. The number of nitrogens with zero attached hydrogens (tertiary/aromatic N) is 1. The molecule has 0 aliphatic rings. The van der Waals surface area contributed by atoms with E-state index >= 15 is 0 Å². The van der Waals surface area contributed by atoms with Gasteiger partial charge in [0.15, 0.2) is 0 Å². The molecule has 0 radical (unpaired) electrons. The molecular formula is C6H13N3. The fourth-order valence-corrected chi connectivity index (χ4v) is 0.595. The van der Waals surface area contributed by atoms with Crippen LogP contribution in [-0.2, 0) is 0 Å². The Morgan fingerprint density at radius 3 is 2.67 bits per heavy atom. The molecule has 0 amide bonds. The summed E-state index contributed by atoms with van der Waals surface area (Å²) in [6, 6.07) is 2.02. The lowest BCUT2D eigenvalue weighted by molar-refractivity contribution is 0.535. The quantitative estimate of drug-likeness (QED) is 0.545. The summed E-state index contributed by atoms with van der Waals surface area (Å²) in [5.74, 6) is 0. The van der Waals surface area contributed by atoms with E-state index in [-0.39, 0.29) is 6.17 Å². The van der Waals surface area contributed by atoms with Crippen molar-refractivity contribution < 1.29 is 0 Å². The van der Waals surface area contributed by atoms with E-state index in [1.165, 1.54) is 0 Å². The van der Waals surface area contributed by atoms with Crippen LogP contribution in [0.25, 0.3) is 0 Å². The molecule has 3 heteroatoms. The van der Waals surface area contributed by atoms with E-state index in [9.17, 15) is 0 Å². The molecule has 2 N–H and O–H groups in total. The number of aliphatic imine (C=N–C) groups is 1. The molecule has 3 nitrogen and oxygen atoms in total. The normalized spacial score (nSPS) is 12.2. The highest BCUT2D eigenvalue weighted by Gasteiger charge is 1.96. The number of rotatable bonds is 4. The molecule has 52 valence electrons. The predicted molar refractivity (Wildman–Crippen MR) is 37.9 cm³/mol. The molecule has 0 aromatic heterocycles. The Labute approximate surface area is 55.7 Å².